The second-order valence-electron chi connectivity index (χ2n) is 4.37. The topological polar surface area (TPSA) is 29.0 Å². The number of unbranched alkanes of at least 4 members (excludes halogenated alkanes) is 1. The minimum absolute atomic E-state index is 0.445. The zero-order valence-corrected chi connectivity index (χ0v) is 11.8. The average molecular weight is 276 g/mol. The molecule has 0 fully saturated rings. The van der Waals surface area contributed by atoms with Crippen LogP contribution in [0.1, 0.15) is 25.3 Å². The smallest absolute Gasteiger partial charge is 0.229 e. The molecule has 0 spiro atoms. The molecule has 100 valence electrons. The van der Waals surface area contributed by atoms with Gasteiger partial charge in [-0.05, 0) is 18.6 Å². The van der Waals surface area contributed by atoms with Gasteiger partial charge in [0, 0.05) is 30.2 Å². The highest BCUT2D eigenvalue weighted by Gasteiger charge is 2.11. The number of rotatable bonds is 6. The maximum absolute atomic E-state index is 5.77. The third-order valence-corrected chi connectivity index (χ3v) is 3.20. The summed E-state index contributed by atoms with van der Waals surface area (Å²) in [4.78, 5) is 11.0. The lowest BCUT2D eigenvalue weighted by atomic mass is 10.2. The van der Waals surface area contributed by atoms with Crippen molar-refractivity contribution < 1.29 is 0 Å². The quantitative estimate of drug-likeness (QED) is 0.742. The molecule has 0 saturated carbocycles. The number of aromatic nitrogens is 2. The van der Waals surface area contributed by atoms with Crippen molar-refractivity contribution >= 4 is 23.2 Å². The van der Waals surface area contributed by atoms with Gasteiger partial charge in [0.1, 0.15) is 0 Å². The van der Waals surface area contributed by atoms with E-state index in [1.54, 1.807) is 12.4 Å². The van der Waals surface area contributed by atoms with E-state index in [0.29, 0.717) is 5.88 Å². The van der Waals surface area contributed by atoms with Crippen LogP contribution in [0.15, 0.2) is 42.7 Å². The number of alkyl halides is 1. The summed E-state index contributed by atoms with van der Waals surface area (Å²) in [6.45, 7) is 3.10. The van der Waals surface area contributed by atoms with Crippen LogP contribution in [-0.2, 0) is 5.88 Å². The van der Waals surface area contributed by atoms with Crippen LogP contribution in [0.3, 0.4) is 0 Å². The standard InChI is InChI=1S/C15H18ClN3/c1-2-3-9-19(14-7-5-4-6-8-14)15-17-11-13(10-16)12-18-15/h4-8,11-12H,2-3,9-10H2,1H3. The highest BCUT2D eigenvalue weighted by Crippen LogP contribution is 2.22. The molecule has 2 aromatic rings. The van der Waals surface area contributed by atoms with E-state index in [0.717, 1.165) is 36.6 Å². The number of para-hydroxylation sites is 1. The highest BCUT2D eigenvalue weighted by atomic mass is 35.5. The Morgan fingerprint density at radius 2 is 1.79 bits per heavy atom. The second kappa shape index (κ2) is 7.10. The van der Waals surface area contributed by atoms with Crippen molar-refractivity contribution in [2.24, 2.45) is 0 Å². The van der Waals surface area contributed by atoms with Crippen LogP contribution in [0.2, 0.25) is 0 Å². The molecule has 2 rings (SSSR count). The largest absolute Gasteiger partial charge is 0.311 e. The summed E-state index contributed by atoms with van der Waals surface area (Å²) in [7, 11) is 0. The third-order valence-electron chi connectivity index (χ3n) is 2.89. The lowest BCUT2D eigenvalue weighted by Gasteiger charge is -2.22. The molecule has 1 aromatic carbocycles. The first-order chi connectivity index (χ1) is 9.35. The Labute approximate surface area is 119 Å². The van der Waals surface area contributed by atoms with Crippen molar-refractivity contribution in [3.8, 4) is 0 Å². The SMILES string of the molecule is CCCCN(c1ccccc1)c1ncc(CCl)cn1. The summed E-state index contributed by atoms with van der Waals surface area (Å²) < 4.78 is 0. The first-order valence-electron chi connectivity index (χ1n) is 6.54. The Kier molecular flexibility index (Phi) is 5.16. The van der Waals surface area contributed by atoms with Gasteiger partial charge in [-0.3, -0.25) is 0 Å². The number of anilines is 2. The Hall–Kier alpha value is -1.61. The van der Waals surface area contributed by atoms with Gasteiger partial charge in [0.05, 0.1) is 5.88 Å². The Bertz CT molecular complexity index is 485. The fourth-order valence-corrected chi connectivity index (χ4v) is 1.96. The van der Waals surface area contributed by atoms with E-state index in [-0.39, 0.29) is 0 Å². The van der Waals surface area contributed by atoms with Crippen LogP contribution in [-0.4, -0.2) is 16.5 Å². The van der Waals surface area contributed by atoms with E-state index < -0.39 is 0 Å². The van der Waals surface area contributed by atoms with Crippen LogP contribution in [0.25, 0.3) is 0 Å². The lowest BCUT2D eigenvalue weighted by Crippen LogP contribution is -2.20. The van der Waals surface area contributed by atoms with Gasteiger partial charge in [-0.15, -0.1) is 11.6 Å². The lowest BCUT2D eigenvalue weighted by molar-refractivity contribution is 0.770. The molecule has 0 radical (unpaired) electrons. The van der Waals surface area contributed by atoms with Gasteiger partial charge in [0.25, 0.3) is 0 Å². The monoisotopic (exact) mass is 275 g/mol. The molecule has 0 bridgehead atoms. The van der Waals surface area contributed by atoms with Gasteiger partial charge in [-0.1, -0.05) is 31.5 Å². The summed E-state index contributed by atoms with van der Waals surface area (Å²) in [6.07, 6.45) is 5.83. The molecule has 0 amide bonds. The van der Waals surface area contributed by atoms with Crippen LogP contribution >= 0.6 is 11.6 Å². The van der Waals surface area contributed by atoms with Crippen molar-refractivity contribution in [1.82, 2.24) is 9.97 Å². The van der Waals surface area contributed by atoms with Crippen molar-refractivity contribution in [1.29, 1.82) is 0 Å². The maximum atomic E-state index is 5.77. The summed E-state index contributed by atoms with van der Waals surface area (Å²) in [5, 5.41) is 0. The molecule has 0 aliphatic carbocycles. The number of nitrogens with zero attached hydrogens (tertiary/aromatic N) is 3. The van der Waals surface area contributed by atoms with Gasteiger partial charge < -0.3 is 4.90 Å². The minimum Gasteiger partial charge on any atom is -0.311 e. The Balaban J connectivity index is 2.26. The molecule has 1 heterocycles. The molecule has 0 atom stereocenters. The second-order valence-corrected chi connectivity index (χ2v) is 4.63. The predicted octanol–water partition coefficient (Wildman–Crippen LogP) is 4.15. The van der Waals surface area contributed by atoms with Crippen LogP contribution < -0.4 is 4.90 Å². The molecule has 0 N–H and O–H groups in total. The van der Waals surface area contributed by atoms with Crippen molar-refractivity contribution in [3.63, 3.8) is 0 Å². The number of halogens is 1. The molecule has 0 unspecified atom stereocenters. The van der Waals surface area contributed by atoms with Crippen LogP contribution in [0.5, 0.6) is 0 Å². The highest BCUT2D eigenvalue weighted by molar-refractivity contribution is 6.17. The number of hydrogen-bond acceptors (Lipinski definition) is 3. The predicted molar refractivity (Wildman–Crippen MR) is 79.9 cm³/mol. The van der Waals surface area contributed by atoms with Gasteiger partial charge in [-0.25, -0.2) is 9.97 Å². The molecule has 1 aromatic heterocycles. The number of hydrogen-bond donors (Lipinski definition) is 0. The fourth-order valence-electron chi connectivity index (χ4n) is 1.83. The Morgan fingerprint density at radius 1 is 1.11 bits per heavy atom. The summed E-state index contributed by atoms with van der Waals surface area (Å²) in [5.41, 5.74) is 2.06. The van der Waals surface area contributed by atoms with Gasteiger partial charge in [0.2, 0.25) is 5.95 Å². The van der Waals surface area contributed by atoms with Gasteiger partial charge in [-0.2, -0.15) is 0 Å². The zero-order valence-electron chi connectivity index (χ0n) is 11.1. The third kappa shape index (κ3) is 3.67. The summed E-state index contributed by atoms with van der Waals surface area (Å²) in [6, 6.07) is 10.2. The van der Waals surface area contributed by atoms with Crippen LogP contribution in [0, 0.1) is 0 Å². The molecule has 3 nitrogen and oxygen atoms in total. The van der Waals surface area contributed by atoms with E-state index in [2.05, 4.69) is 33.9 Å². The molecule has 19 heavy (non-hydrogen) atoms. The van der Waals surface area contributed by atoms with E-state index in [4.69, 9.17) is 11.6 Å². The average Bonchev–Trinajstić information content (AvgIpc) is 2.49. The molecule has 0 saturated heterocycles. The van der Waals surface area contributed by atoms with Crippen molar-refractivity contribution in [2.45, 2.75) is 25.6 Å². The van der Waals surface area contributed by atoms with Crippen LogP contribution in [0.4, 0.5) is 11.6 Å². The van der Waals surface area contributed by atoms with Gasteiger partial charge >= 0.3 is 0 Å². The van der Waals surface area contributed by atoms with Crippen molar-refractivity contribution in [3.05, 3.63) is 48.3 Å². The first-order valence-corrected chi connectivity index (χ1v) is 7.08. The van der Waals surface area contributed by atoms with E-state index in [1.165, 1.54) is 0 Å². The molecule has 0 aliphatic rings. The minimum atomic E-state index is 0.445. The summed E-state index contributed by atoms with van der Waals surface area (Å²) in [5.74, 6) is 1.18. The number of benzene rings is 1. The summed E-state index contributed by atoms with van der Waals surface area (Å²) >= 11 is 5.77. The molecule has 4 heteroatoms. The van der Waals surface area contributed by atoms with Crippen molar-refractivity contribution in [2.75, 3.05) is 11.4 Å². The normalized spacial score (nSPS) is 10.4. The molecule has 0 aliphatic heterocycles. The zero-order chi connectivity index (χ0) is 13.5. The molecular formula is C15H18ClN3. The van der Waals surface area contributed by atoms with Gasteiger partial charge in [0.15, 0.2) is 0 Å². The molecular weight excluding hydrogens is 258 g/mol. The first kappa shape index (κ1) is 13.8. The Morgan fingerprint density at radius 3 is 2.37 bits per heavy atom. The van der Waals surface area contributed by atoms with E-state index in [9.17, 15) is 0 Å². The van der Waals surface area contributed by atoms with E-state index >= 15 is 0 Å². The maximum Gasteiger partial charge on any atom is 0.229 e. The fraction of sp³-hybridized carbons (Fsp3) is 0.333. The van der Waals surface area contributed by atoms with E-state index in [1.807, 2.05) is 18.2 Å².